The minimum absolute atomic E-state index is 0.198. The van der Waals surface area contributed by atoms with E-state index in [-0.39, 0.29) is 15.8 Å². The van der Waals surface area contributed by atoms with Gasteiger partial charge in [0.25, 0.3) is 11.5 Å². The molecule has 1 amide bonds. The van der Waals surface area contributed by atoms with E-state index in [4.69, 9.17) is 10.8 Å². The van der Waals surface area contributed by atoms with Crippen LogP contribution < -0.4 is 20.5 Å². The summed E-state index contributed by atoms with van der Waals surface area (Å²) in [5.41, 5.74) is 8.65. The van der Waals surface area contributed by atoms with Gasteiger partial charge in [-0.2, -0.15) is 10.4 Å². The maximum Gasteiger partial charge on any atom is 0.273 e. The Bertz CT molecular complexity index is 1800. The van der Waals surface area contributed by atoms with E-state index < -0.39 is 5.91 Å². The number of amides is 1. The minimum atomic E-state index is -0.885. The first kappa shape index (κ1) is 23.2. The second-order valence-electron chi connectivity index (χ2n) is 7.88. The third-order valence-electron chi connectivity index (χ3n) is 5.56. The topological polar surface area (TPSA) is 107 Å². The molecule has 0 atom stereocenters. The lowest BCUT2D eigenvalue weighted by Crippen LogP contribution is -2.32. The molecule has 0 saturated heterocycles. The Morgan fingerprint density at radius 1 is 1.08 bits per heavy atom. The summed E-state index contributed by atoms with van der Waals surface area (Å²) in [4.78, 5) is 26.7. The van der Waals surface area contributed by atoms with Gasteiger partial charge >= 0.3 is 0 Å². The molecule has 7 nitrogen and oxygen atoms in total. The van der Waals surface area contributed by atoms with Gasteiger partial charge in [0.1, 0.15) is 16.4 Å². The van der Waals surface area contributed by atoms with E-state index >= 15 is 0 Å². The second-order valence-corrected chi connectivity index (χ2v) is 9.86. The molecule has 3 heterocycles. The van der Waals surface area contributed by atoms with Crippen LogP contribution in [0.25, 0.3) is 33.6 Å². The lowest BCUT2D eigenvalue weighted by molar-refractivity contribution is -0.112. The van der Waals surface area contributed by atoms with Gasteiger partial charge in [0.05, 0.1) is 20.8 Å². The van der Waals surface area contributed by atoms with Crippen molar-refractivity contribution in [3.05, 3.63) is 109 Å². The molecule has 0 radical (unpaired) electrons. The first-order chi connectivity index (χ1) is 17.5. The lowest BCUT2D eigenvalue weighted by atomic mass is 10.2. The zero-order valence-electron chi connectivity index (χ0n) is 19.1. The molecule has 0 unspecified atom stereocenters. The molecule has 36 heavy (non-hydrogen) atoms. The number of nitrogens with zero attached hydrogens (tertiary/aromatic N) is 4. The zero-order chi connectivity index (χ0) is 25.2. The number of primary amides is 1. The van der Waals surface area contributed by atoms with E-state index in [1.807, 2.05) is 79.2 Å². The number of para-hydroxylation sites is 2. The van der Waals surface area contributed by atoms with Gasteiger partial charge in [-0.15, -0.1) is 22.7 Å². The molecule has 0 aliphatic heterocycles. The summed E-state index contributed by atoms with van der Waals surface area (Å²) in [6, 6.07) is 22.8. The summed E-state index contributed by atoms with van der Waals surface area (Å²) in [5.74, 6) is -0.885. The SMILES string of the molecule is Cc1ccccc1-n1c(=C(C#N)C(N)=O)sc(=Cc2cn(-c3ccccc3)nc2-c2cccs2)c1=O. The van der Waals surface area contributed by atoms with Gasteiger partial charge in [-0.05, 0) is 48.2 Å². The number of thiazole rings is 1. The van der Waals surface area contributed by atoms with Gasteiger partial charge in [0.15, 0.2) is 5.57 Å². The van der Waals surface area contributed by atoms with Crippen LogP contribution in [0, 0.1) is 18.3 Å². The van der Waals surface area contributed by atoms with Gasteiger partial charge in [-0.1, -0.05) is 42.5 Å². The number of benzene rings is 2. The fourth-order valence-electron chi connectivity index (χ4n) is 3.84. The molecule has 0 spiro atoms. The van der Waals surface area contributed by atoms with Crippen molar-refractivity contribution < 1.29 is 4.79 Å². The average molecular weight is 510 g/mol. The Balaban J connectivity index is 1.83. The molecule has 0 fully saturated rings. The van der Waals surface area contributed by atoms with E-state index in [1.165, 1.54) is 4.57 Å². The Labute approximate surface area is 213 Å². The van der Waals surface area contributed by atoms with E-state index in [9.17, 15) is 14.9 Å². The monoisotopic (exact) mass is 509 g/mol. The fraction of sp³-hybridized carbons (Fsp3) is 0.0370. The molecule has 2 N–H and O–H groups in total. The van der Waals surface area contributed by atoms with Crippen molar-refractivity contribution in [3.8, 4) is 28.0 Å². The van der Waals surface area contributed by atoms with Crippen molar-refractivity contribution in [1.29, 1.82) is 5.26 Å². The number of rotatable bonds is 5. The molecule has 176 valence electrons. The van der Waals surface area contributed by atoms with Crippen LogP contribution in [-0.2, 0) is 4.79 Å². The maximum absolute atomic E-state index is 13.7. The number of hydrogen-bond acceptors (Lipinski definition) is 6. The molecule has 0 aliphatic rings. The quantitative estimate of drug-likeness (QED) is 0.393. The van der Waals surface area contributed by atoms with Crippen LogP contribution in [0.2, 0.25) is 0 Å². The molecule has 0 bridgehead atoms. The lowest BCUT2D eigenvalue weighted by Gasteiger charge is -2.06. The molecule has 0 aliphatic carbocycles. The minimum Gasteiger partial charge on any atom is -0.365 e. The predicted molar refractivity (Wildman–Crippen MR) is 143 cm³/mol. The van der Waals surface area contributed by atoms with Crippen molar-refractivity contribution in [2.45, 2.75) is 6.92 Å². The van der Waals surface area contributed by atoms with Gasteiger partial charge in [0, 0.05) is 11.8 Å². The highest BCUT2D eigenvalue weighted by atomic mass is 32.1. The molecule has 9 heteroatoms. The third-order valence-corrected chi connectivity index (χ3v) is 7.53. The van der Waals surface area contributed by atoms with Gasteiger partial charge in [0.2, 0.25) is 0 Å². The summed E-state index contributed by atoms with van der Waals surface area (Å²) in [7, 11) is 0. The third kappa shape index (κ3) is 4.20. The Hall–Kier alpha value is -4.52. The van der Waals surface area contributed by atoms with E-state index in [1.54, 1.807) is 34.2 Å². The number of thiophene rings is 1. The van der Waals surface area contributed by atoms with Crippen LogP contribution in [-0.4, -0.2) is 20.3 Å². The molecule has 5 rings (SSSR count). The van der Waals surface area contributed by atoms with E-state index in [0.29, 0.717) is 10.2 Å². The van der Waals surface area contributed by atoms with Crippen LogP contribution in [0.15, 0.2) is 83.1 Å². The van der Waals surface area contributed by atoms with Crippen molar-refractivity contribution >= 4 is 40.2 Å². The van der Waals surface area contributed by atoms with Crippen LogP contribution in [0.1, 0.15) is 11.1 Å². The van der Waals surface area contributed by atoms with Gasteiger partial charge < -0.3 is 5.73 Å². The molecule has 0 saturated carbocycles. The number of carbonyl (C=O) groups is 1. The van der Waals surface area contributed by atoms with Crippen LogP contribution in [0.5, 0.6) is 0 Å². The van der Waals surface area contributed by atoms with Crippen molar-refractivity contribution in [2.75, 3.05) is 0 Å². The first-order valence-electron chi connectivity index (χ1n) is 10.9. The van der Waals surface area contributed by atoms with E-state index in [2.05, 4.69) is 0 Å². The average Bonchev–Trinajstić information content (AvgIpc) is 3.61. The predicted octanol–water partition coefficient (Wildman–Crippen LogP) is 3.11. The van der Waals surface area contributed by atoms with Gasteiger partial charge in [-0.25, -0.2) is 4.68 Å². The van der Waals surface area contributed by atoms with Crippen molar-refractivity contribution in [1.82, 2.24) is 14.3 Å². The first-order valence-corrected chi connectivity index (χ1v) is 12.6. The highest BCUT2D eigenvalue weighted by Gasteiger charge is 2.17. The summed E-state index contributed by atoms with van der Waals surface area (Å²) in [5, 5.41) is 16.4. The Kier molecular flexibility index (Phi) is 6.21. The standard InChI is InChI=1S/C27H19N5O2S2/c1-17-8-5-6-11-21(17)32-26(34)23(36-27(32)20(15-28)25(29)33)14-18-16-31(19-9-3-2-4-10-19)30-24(18)22-12-7-13-35-22/h2-14,16H,1H3,(H2,29,33). The van der Waals surface area contributed by atoms with Crippen LogP contribution in [0.4, 0.5) is 0 Å². The second kappa shape index (κ2) is 9.62. The fourth-order valence-corrected chi connectivity index (χ4v) is 5.67. The largest absolute Gasteiger partial charge is 0.365 e. The summed E-state index contributed by atoms with van der Waals surface area (Å²) in [6.07, 6.45) is 3.62. The number of carbonyl (C=O) groups excluding carboxylic acids is 1. The highest BCUT2D eigenvalue weighted by molar-refractivity contribution is 7.13. The molecular formula is C27H19N5O2S2. The van der Waals surface area contributed by atoms with Crippen LogP contribution >= 0.6 is 22.7 Å². The molecule has 5 aromatic rings. The zero-order valence-corrected chi connectivity index (χ0v) is 20.7. The van der Waals surface area contributed by atoms with Crippen molar-refractivity contribution in [3.63, 3.8) is 0 Å². The smallest absolute Gasteiger partial charge is 0.273 e. The summed E-state index contributed by atoms with van der Waals surface area (Å²) < 4.78 is 3.71. The Morgan fingerprint density at radius 2 is 1.83 bits per heavy atom. The number of nitriles is 1. The number of hydrogen-bond donors (Lipinski definition) is 1. The van der Waals surface area contributed by atoms with Crippen molar-refractivity contribution in [2.24, 2.45) is 5.73 Å². The normalized spacial score (nSPS) is 12.4. The molecule has 2 aromatic carbocycles. The van der Waals surface area contributed by atoms with E-state index in [0.717, 1.165) is 38.7 Å². The highest BCUT2D eigenvalue weighted by Crippen LogP contribution is 2.28. The summed E-state index contributed by atoms with van der Waals surface area (Å²) >= 11 is 2.61. The Morgan fingerprint density at radius 3 is 2.50 bits per heavy atom. The number of aromatic nitrogens is 3. The maximum atomic E-state index is 13.7. The van der Waals surface area contributed by atoms with Gasteiger partial charge in [-0.3, -0.25) is 14.2 Å². The number of aryl methyl sites for hydroxylation is 1. The number of nitrogens with two attached hydrogens (primary N) is 1. The van der Waals surface area contributed by atoms with Crippen LogP contribution in [0.3, 0.4) is 0 Å². The summed E-state index contributed by atoms with van der Waals surface area (Å²) in [6.45, 7) is 1.86. The molecule has 3 aromatic heterocycles. The molecular weight excluding hydrogens is 490 g/mol.